The zero-order chi connectivity index (χ0) is 13.4. The normalized spacial score (nSPS) is 10.4. The fraction of sp³-hybridized carbons (Fsp3) is 0.538. The monoisotopic (exact) mass is 317 g/mol. The van der Waals surface area contributed by atoms with Crippen LogP contribution >= 0.6 is 15.9 Å². The van der Waals surface area contributed by atoms with Gasteiger partial charge in [0.25, 0.3) is 0 Å². The molecule has 0 aromatic heterocycles. The molecule has 0 atom stereocenters. The number of halogens is 1. The van der Waals surface area contributed by atoms with Gasteiger partial charge >= 0.3 is 0 Å². The molecule has 0 amide bonds. The molecule has 1 rings (SSSR count). The molecule has 0 aliphatic rings. The van der Waals surface area contributed by atoms with Crippen LogP contribution in [0.25, 0.3) is 0 Å². The number of rotatable bonds is 8. The van der Waals surface area contributed by atoms with Crippen LogP contribution in [0.5, 0.6) is 11.5 Å². The highest BCUT2D eigenvalue weighted by Gasteiger charge is 2.12. The van der Waals surface area contributed by atoms with Crippen molar-refractivity contribution in [3.8, 4) is 11.5 Å². The third kappa shape index (κ3) is 4.15. The number of nitrogens with one attached hydrogen (secondary N) is 1. The zero-order valence-electron chi connectivity index (χ0n) is 11.1. The van der Waals surface area contributed by atoms with Crippen LogP contribution < -0.4 is 14.8 Å². The lowest BCUT2D eigenvalue weighted by Crippen LogP contribution is -2.17. The van der Waals surface area contributed by atoms with Crippen molar-refractivity contribution in [2.24, 2.45) is 0 Å². The first-order chi connectivity index (χ1) is 8.74. The maximum absolute atomic E-state index is 5.41. The first-order valence-corrected chi connectivity index (χ1v) is 6.62. The van der Waals surface area contributed by atoms with Gasteiger partial charge in [-0.05, 0) is 25.1 Å². The average molecular weight is 318 g/mol. The van der Waals surface area contributed by atoms with Gasteiger partial charge in [0.1, 0.15) is 0 Å². The molecule has 102 valence electrons. The summed E-state index contributed by atoms with van der Waals surface area (Å²) in [5.74, 6) is 1.51. The van der Waals surface area contributed by atoms with Gasteiger partial charge in [0.05, 0.1) is 14.2 Å². The highest BCUT2D eigenvalue weighted by Crippen LogP contribution is 2.35. The lowest BCUT2D eigenvalue weighted by molar-refractivity contribution is 0.194. The summed E-state index contributed by atoms with van der Waals surface area (Å²) in [6.45, 7) is 2.40. The van der Waals surface area contributed by atoms with E-state index in [2.05, 4.69) is 21.2 Å². The van der Waals surface area contributed by atoms with Gasteiger partial charge in [0.15, 0.2) is 11.5 Å². The van der Waals surface area contributed by atoms with E-state index < -0.39 is 0 Å². The van der Waals surface area contributed by atoms with Crippen molar-refractivity contribution in [3.05, 3.63) is 22.2 Å². The van der Waals surface area contributed by atoms with Gasteiger partial charge in [-0.1, -0.05) is 15.9 Å². The van der Waals surface area contributed by atoms with Crippen molar-refractivity contribution >= 4 is 15.9 Å². The Bertz CT molecular complexity index is 371. The molecule has 0 heterocycles. The van der Waals surface area contributed by atoms with Crippen molar-refractivity contribution in [2.75, 3.05) is 34.5 Å². The zero-order valence-corrected chi connectivity index (χ0v) is 12.7. The summed E-state index contributed by atoms with van der Waals surface area (Å²) in [5.41, 5.74) is 1.06. The Kier molecular flexibility index (Phi) is 7.08. The second kappa shape index (κ2) is 8.34. The molecule has 0 bridgehead atoms. The van der Waals surface area contributed by atoms with Crippen LogP contribution in [0, 0.1) is 0 Å². The van der Waals surface area contributed by atoms with E-state index in [4.69, 9.17) is 14.2 Å². The summed E-state index contributed by atoms with van der Waals surface area (Å²) in [7, 11) is 5.00. The summed E-state index contributed by atoms with van der Waals surface area (Å²) in [6, 6.07) is 3.85. The third-order valence-corrected chi connectivity index (χ3v) is 3.34. The van der Waals surface area contributed by atoms with Crippen molar-refractivity contribution in [1.82, 2.24) is 5.32 Å². The fourth-order valence-corrected chi connectivity index (χ4v) is 2.14. The largest absolute Gasteiger partial charge is 0.493 e. The molecule has 0 spiro atoms. The van der Waals surface area contributed by atoms with E-state index in [1.54, 1.807) is 21.3 Å². The number of ether oxygens (including phenoxy) is 3. The second-order valence-corrected chi connectivity index (χ2v) is 4.64. The molecule has 18 heavy (non-hydrogen) atoms. The van der Waals surface area contributed by atoms with Gasteiger partial charge in [0.2, 0.25) is 0 Å². The molecule has 0 saturated heterocycles. The van der Waals surface area contributed by atoms with Crippen LogP contribution in [0.15, 0.2) is 16.6 Å². The van der Waals surface area contributed by atoms with Crippen LogP contribution in [-0.4, -0.2) is 34.5 Å². The molecule has 4 nitrogen and oxygen atoms in total. The topological polar surface area (TPSA) is 39.7 Å². The highest BCUT2D eigenvalue weighted by atomic mass is 79.9. The summed E-state index contributed by atoms with van der Waals surface area (Å²) in [5, 5.41) is 3.36. The van der Waals surface area contributed by atoms with Gasteiger partial charge in [-0.15, -0.1) is 0 Å². The Labute approximate surface area is 117 Å². The SMILES string of the molecule is COCCCNCc1c(Br)ccc(OC)c1OC. The van der Waals surface area contributed by atoms with Gasteiger partial charge < -0.3 is 19.5 Å². The smallest absolute Gasteiger partial charge is 0.166 e. The lowest BCUT2D eigenvalue weighted by Gasteiger charge is -2.15. The maximum atomic E-state index is 5.41. The van der Waals surface area contributed by atoms with Gasteiger partial charge in [-0.25, -0.2) is 0 Å². The Morgan fingerprint density at radius 1 is 1.17 bits per heavy atom. The van der Waals surface area contributed by atoms with Crippen LogP contribution in [0.2, 0.25) is 0 Å². The molecule has 5 heteroatoms. The lowest BCUT2D eigenvalue weighted by atomic mass is 10.2. The molecule has 0 aliphatic heterocycles. The molecule has 0 saturated carbocycles. The van der Waals surface area contributed by atoms with E-state index in [1.807, 2.05) is 12.1 Å². The van der Waals surface area contributed by atoms with E-state index in [9.17, 15) is 0 Å². The van der Waals surface area contributed by atoms with Crippen LogP contribution in [0.1, 0.15) is 12.0 Å². The van der Waals surface area contributed by atoms with E-state index in [0.29, 0.717) is 0 Å². The molecule has 1 N–H and O–H groups in total. The van der Waals surface area contributed by atoms with E-state index >= 15 is 0 Å². The summed E-state index contributed by atoms with van der Waals surface area (Å²) >= 11 is 3.53. The molecular formula is C13H20BrNO3. The molecule has 0 unspecified atom stereocenters. The quantitative estimate of drug-likeness (QED) is 0.748. The predicted molar refractivity (Wildman–Crippen MR) is 75.4 cm³/mol. The summed E-state index contributed by atoms with van der Waals surface area (Å²) < 4.78 is 16.7. The first kappa shape index (κ1) is 15.3. The van der Waals surface area contributed by atoms with Crippen LogP contribution in [0.4, 0.5) is 0 Å². The predicted octanol–water partition coefficient (Wildman–Crippen LogP) is 2.59. The Morgan fingerprint density at radius 3 is 2.56 bits per heavy atom. The minimum Gasteiger partial charge on any atom is -0.493 e. The first-order valence-electron chi connectivity index (χ1n) is 5.83. The molecular weight excluding hydrogens is 298 g/mol. The Hall–Kier alpha value is -0.780. The van der Waals surface area contributed by atoms with E-state index in [-0.39, 0.29) is 0 Å². The molecule has 0 aliphatic carbocycles. The van der Waals surface area contributed by atoms with E-state index in [0.717, 1.165) is 47.7 Å². The minimum absolute atomic E-state index is 0.727. The van der Waals surface area contributed by atoms with Crippen molar-refractivity contribution in [3.63, 3.8) is 0 Å². The molecule has 1 aromatic rings. The molecule has 0 fully saturated rings. The van der Waals surface area contributed by atoms with Crippen LogP contribution in [-0.2, 0) is 11.3 Å². The van der Waals surface area contributed by atoms with Gasteiger partial charge in [0, 0.05) is 30.3 Å². The van der Waals surface area contributed by atoms with Crippen LogP contribution in [0.3, 0.4) is 0 Å². The summed E-state index contributed by atoms with van der Waals surface area (Å²) in [4.78, 5) is 0. The number of benzene rings is 1. The minimum atomic E-state index is 0.727. The maximum Gasteiger partial charge on any atom is 0.166 e. The van der Waals surface area contributed by atoms with E-state index in [1.165, 1.54) is 0 Å². The average Bonchev–Trinajstić information content (AvgIpc) is 2.39. The van der Waals surface area contributed by atoms with Gasteiger partial charge in [-0.3, -0.25) is 0 Å². The highest BCUT2D eigenvalue weighted by molar-refractivity contribution is 9.10. The van der Waals surface area contributed by atoms with Crippen molar-refractivity contribution in [1.29, 1.82) is 0 Å². The van der Waals surface area contributed by atoms with Crippen molar-refractivity contribution < 1.29 is 14.2 Å². The Balaban J connectivity index is 2.68. The third-order valence-electron chi connectivity index (χ3n) is 2.60. The summed E-state index contributed by atoms with van der Waals surface area (Å²) in [6.07, 6.45) is 0.987. The number of hydrogen-bond donors (Lipinski definition) is 1. The molecule has 0 radical (unpaired) electrons. The Morgan fingerprint density at radius 2 is 1.94 bits per heavy atom. The molecule has 1 aromatic carbocycles. The number of methoxy groups -OCH3 is 3. The van der Waals surface area contributed by atoms with Crippen molar-refractivity contribution in [2.45, 2.75) is 13.0 Å². The standard InChI is InChI=1S/C13H20BrNO3/c1-16-8-4-7-15-9-10-11(14)5-6-12(17-2)13(10)18-3/h5-6,15H,4,7-9H2,1-3H3. The fourth-order valence-electron chi connectivity index (χ4n) is 1.69. The van der Waals surface area contributed by atoms with Gasteiger partial charge in [-0.2, -0.15) is 0 Å². The number of hydrogen-bond acceptors (Lipinski definition) is 4. The second-order valence-electron chi connectivity index (χ2n) is 3.78.